The molecule has 0 aliphatic carbocycles. The van der Waals surface area contributed by atoms with Crippen molar-refractivity contribution in [3.63, 3.8) is 0 Å². The third-order valence-corrected chi connectivity index (χ3v) is 3.51. The van der Waals surface area contributed by atoms with Gasteiger partial charge in [0.25, 0.3) is 0 Å². The molecule has 1 aromatic rings. The van der Waals surface area contributed by atoms with Crippen molar-refractivity contribution in [2.45, 2.75) is 19.4 Å². The Morgan fingerprint density at radius 2 is 2.35 bits per heavy atom. The van der Waals surface area contributed by atoms with Gasteiger partial charge in [-0.1, -0.05) is 6.07 Å². The Hall–Kier alpha value is -2.11. The van der Waals surface area contributed by atoms with Crippen LogP contribution < -0.4 is 0 Å². The standard InChI is InChI=1S/C14H19N3O3/c1-16(9-11-4-2-6-15-8-11)14(20)17-7-3-5-12(10-17)13(18)19/h2,4,6,8,12H,3,5,7,9-10H2,1H3,(H,18,19)/t12-/m0/s1. The van der Waals surface area contributed by atoms with E-state index in [0.29, 0.717) is 26.1 Å². The number of carboxylic acid groups (broad SMARTS) is 1. The van der Waals surface area contributed by atoms with E-state index in [9.17, 15) is 9.59 Å². The Balaban J connectivity index is 1.94. The molecule has 1 atom stereocenters. The quantitative estimate of drug-likeness (QED) is 0.907. The first-order valence-electron chi connectivity index (χ1n) is 6.69. The van der Waals surface area contributed by atoms with Gasteiger partial charge in [-0.3, -0.25) is 9.78 Å². The molecule has 0 aromatic carbocycles. The lowest BCUT2D eigenvalue weighted by molar-refractivity contribution is -0.143. The molecule has 0 saturated carbocycles. The van der Waals surface area contributed by atoms with Crippen LogP contribution in [0.3, 0.4) is 0 Å². The monoisotopic (exact) mass is 277 g/mol. The van der Waals surface area contributed by atoms with Crippen LogP contribution in [0, 0.1) is 5.92 Å². The summed E-state index contributed by atoms with van der Waals surface area (Å²) in [6, 6.07) is 3.61. The van der Waals surface area contributed by atoms with Gasteiger partial charge in [0.1, 0.15) is 0 Å². The number of likely N-dealkylation sites (tertiary alicyclic amines) is 1. The molecule has 0 spiro atoms. The number of carbonyl (C=O) groups is 2. The fourth-order valence-corrected chi connectivity index (χ4v) is 2.43. The van der Waals surface area contributed by atoms with Gasteiger partial charge in [-0.2, -0.15) is 0 Å². The van der Waals surface area contributed by atoms with Gasteiger partial charge < -0.3 is 14.9 Å². The van der Waals surface area contributed by atoms with Gasteiger partial charge in [-0.15, -0.1) is 0 Å². The largest absolute Gasteiger partial charge is 0.481 e. The van der Waals surface area contributed by atoms with E-state index >= 15 is 0 Å². The Morgan fingerprint density at radius 1 is 1.55 bits per heavy atom. The molecule has 0 bridgehead atoms. The Morgan fingerprint density at radius 3 is 3.00 bits per heavy atom. The van der Waals surface area contributed by atoms with Crippen LogP contribution in [-0.4, -0.2) is 52.0 Å². The molecule has 1 aromatic heterocycles. The molecule has 1 aliphatic heterocycles. The summed E-state index contributed by atoms with van der Waals surface area (Å²) < 4.78 is 0. The number of aliphatic carboxylic acids is 1. The van der Waals surface area contributed by atoms with Gasteiger partial charge in [0.2, 0.25) is 0 Å². The van der Waals surface area contributed by atoms with Crippen molar-refractivity contribution in [1.82, 2.24) is 14.8 Å². The summed E-state index contributed by atoms with van der Waals surface area (Å²) in [4.78, 5) is 30.6. The van der Waals surface area contributed by atoms with Crippen molar-refractivity contribution >= 4 is 12.0 Å². The zero-order valence-corrected chi connectivity index (χ0v) is 11.5. The second-order valence-electron chi connectivity index (χ2n) is 5.12. The van der Waals surface area contributed by atoms with Crippen molar-refractivity contribution in [1.29, 1.82) is 0 Å². The zero-order valence-electron chi connectivity index (χ0n) is 11.5. The van der Waals surface area contributed by atoms with E-state index in [-0.39, 0.29) is 6.03 Å². The fourth-order valence-electron chi connectivity index (χ4n) is 2.43. The zero-order chi connectivity index (χ0) is 14.5. The molecule has 0 unspecified atom stereocenters. The van der Waals surface area contributed by atoms with Crippen molar-refractivity contribution in [3.05, 3.63) is 30.1 Å². The minimum Gasteiger partial charge on any atom is -0.481 e. The highest BCUT2D eigenvalue weighted by atomic mass is 16.4. The average molecular weight is 277 g/mol. The van der Waals surface area contributed by atoms with E-state index in [4.69, 9.17) is 5.11 Å². The molecule has 6 nitrogen and oxygen atoms in total. The van der Waals surface area contributed by atoms with Gasteiger partial charge in [0.05, 0.1) is 5.92 Å². The molecular weight excluding hydrogens is 258 g/mol. The molecule has 0 radical (unpaired) electrons. The first kappa shape index (κ1) is 14.3. The molecule has 1 saturated heterocycles. The summed E-state index contributed by atoms with van der Waals surface area (Å²) in [5.41, 5.74) is 0.954. The van der Waals surface area contributed by atoms with Crippen LogP contribution in [0.1, 0.15) is 18.4 Å². The third-order valence-electron chi connectivity index (χ3n) is 3.51. The summed E-state index contributed by atoms with van der Waals surface area (Å²) in [5.74, 6) is -1.27. The second-order valence-corrected chi connectivity index (χ2v) is 5.12. The molecule has 1 N–H and O–H groups in total. The molecule has 20 heavy (non-hydrogen) atoms. The highest BCUT2D eigenvalue weighted by Crippen LogP contribution is 2.18. The predicted octanol–water partition coefficient (Wildman–Crippen LogP) is 1.43. The van der Waals surface area contributed by atoms with Crippen LogP contribution in [0.15, 0.2) is 24.5 Å². The maximum absolute atomic E-state index is 12.3. The van der Waals surface area contributed by atoms with Gasteiger partial charge in [0, 0.05) is 39.1 Å². The lowest BCUT2D eigenvalue weighted by atomic mass is 9.99. The SMILES string of the molecule is CN(Cc1cccnc1)C(=O)N1CCC[C@H](C(=O)O)C1. The van der Waals surface area contributed by atoms with Crippen LogP contribution in [0.2, 0.25) is 0 Å². The summed E-state index contributed by atoms with van der Waals surface area (Å²) in [6.45, 7) is 1.40. The minimum absolute atomic E-state index is 0.125. The normalized spacial score (nSPS) is 18.6. The van der Waals surface area contributed by atoms with E-state index in [1.54, 1.807) is 29.2 Å². The Bertz CT molecular complexity index is 478. The highest BCUT2D eigenvalue weighted by Gasteiger charge is 2.29. The van der Waals surface area contributed by atoms with E-state index < -0.39 is 11.9 Å². The number of rotatable bonds is 3. The second kappa shape index (κ2) is 6.36. The topological polar surface area (TPSA) is 73.7 Å². The highest BCUT2D eigenvalue weighted by molar-refractivity contribution is 5.76. The number of piperidine rings is 1. The van der Waals surface area contributed by atoms with Crippen molar-refractivity contribution in [2.75, 3.05) is 20.1 Å². The number of nitrogens with zero attached hydrogens (tertiary/aromatic N) is 3. The number of carbonyl (C=O) groups excluding carboxylic acids is 1. The maximum atomic E-state index is 12.3. The Kier molecular flexibility index (Phi) is 4.55. The van der Waals surface area contributed by atoms with E-state index in [1.165, 1.54) is 0 Å². The molecule has 1 fully saturated rings. The Labute approximate surface area is 118 Å². The first-order valence-corrected chi connectivity index (χ1v) is 6.69. The van der Waals surface area contributed by atoms with Gasteiger partial charge in [-0.25, -0.2) is 4.79 Å². The number of hydrogen-bond acceptors (Lipinski definition) is 3. The van der Waals surface area contributed by atoms with Crippen LogP contribution in [-0.2, 0) is 11.3 Å². The third kappa shape index (κ3) is 3.46. The first-order chi connectivity index (χ1) is 9.58. The molecule has 108 valence electrons. The lowest BCUT2D eigenvalue weighted by Crippen LogP contribution is -2.47. The van der Waals surface area contributed by atoms with Crippen molar-refractivity contribution in [2.24, 2.45) is 5.92 Å². The van der Waals surface area contributed by atoms with Gasteiger partial charge in [0.15, 0.2) is 0 Å². The lowest BCUT2D eigenvalue weighted by Gasteiger charge is -2.33. The van der Waals surface area contributed by atoms with E-state index in [2.05, 4.69) is 4.98 Å². The van der Waals surface area contributed by atoms with Gasteiger partial charge >= 0.3 is 12.0 Å². The van der Waals surface area contributed by atoms with Crippen LogP contribution in [0.5, 0.6) is 0 Å². The summed E-state index contributed by atoms with van der Waals surface area (Å²) in [6.07, 6.45) is 4.79. The summed E-state index contributed by atoms with van der Waals surface area (Å²) in [7, 11) is 1.72. The number of aromatic nitrogens is 1. The number of amides is 2. The minimum atomic E-state index is -0.822. The van der Waals surface area contributed by atoms with E-state index in [1.807, 2.05) is 12.1 Å². The van der Waals surface area contributed by atoms with Crippen molar-refractivity contribution in [3.8, 4) is 0 Å². The average Bonchev–Trinajstić information content (AvgIpc) is 2.47. The number of hydrogen-bond donors (Lipinski definition) is 1. The van der Waals surface area contributed by atoms with Crippen LogP contribution >= 0.6 is 0 Å². The molecule has 2 heterocycles. The smallest absolute Gasteiger partial charge is 0.320 e. The molecule has 1 aliphatic rings. The summed E-state index contributed by atoms with van der Waals surface area (Å²) >= 11 is 0. The van der Waals surface area contributed by atoms with Crippen LogP contribution in [0.25, 0.3) is 0 Å². The van der Waals surface area contributed by atoms with Crippen LogP contribution in [0.4, 0.5) is 4.79 Å². The maximum Gasteiger partial charge on any atom is 0.320 e. The molecule has 6 heteroatoms. The molecule has 2 rings (SSSR count). The van der Waals surface area contributed by atoms with Crippen molar-refractivity contribution < 1.29 is 14.7 Å². The van der Waals surface area contributed by atoms with Gasteiger partial charge in [-0.05, 0) is 24.5 Å². The summed E-state index contributed by atoms with van der Waals surface area (Å²) in [5, 5.41) is 9.05. The van der Waals surface area contributed by atoms with E-state index in [0.717, 1.165) is 12.0 Å². The molecular formula is C14H19N3O3. The predicted molar refractivity (Wildman–Crippen MR) is 73.0 cm³/mol. The number of urea groups is 1. The number of carboxylic acids is 1. The number of pyridine rings is 1. The molecule has 2 amide bonds. The fraction of sp³-hybridized carbons (Fsp3) is 0.500.